The molecule has 2 aromatic heterocycles. The van der Waals surface area contributed by atoms with Gasteiger partial charge in [0.15, 0.2) is 0 Å². The molecule has 0 bridgehead atoms. The standard InChI is InChI=1S/C29H29N5O5/c1-38-20-7-5-19(6-8-20)31-28(37)33-15-29(16-33)17-34(27(36)18-4-3-11-30-13-18)24(14-35)26-25(29)22-10-9-21(39-2)12-23(22)32-26/h3-13,24,32,35H,14-17H2,1-2H3,(H,31,37)/t24-/m0/s1. The number of aliphatic hydroxyl groups excluding tert-OH is 1. The van der Waals surface area contributed by atoms with Gasteiger partial charge in [0.1, 0.15) is 11.5 Å². The van der Waals surface area contributed by atoms with E-state index in [2.05, 4.69) is 15.3 Å². The van der Waals surface area contributed by atoms with E-state index >= 15 is 0 Å². The average molecular weight is 528 g/mol. The lowest BCUT2D eigenvalue weighted by atomic mass is 9.68. The van der Waals surface area contributed by atoms with Crippen molar-refractivity contribution < 1.29 is 24.2 Å². The predicted molar refractivity (Wildman–Crippen MR) is 145 cm³/mol. The number of carbonyl (C=O) groups excluding carboxylic acids is 2. The summed E-state index contributed by atoms with van der Waals surface area (Å²) in [6.45, 7) is 0.927. The molecule has 1 spiro atoms. The van der Waals surface area contributed by atoms with Crippen molar-refractivity contribution in [3.8, 4) is 11.5 Å². The fourth-order valence-electron chi connectivity index (χ4n) is 5.84. The van der Waals surface area contributed by atoms with E-state index in [0.717, 1.165) is 22.2 Å². The fraction of sp³-hybridized carbons (Fsp3) is 0.276. The molecule has 6 rings (SSSR count). The number of aliphatic hydroxyl groups is 1. The molecule has 2 aromatic carbocycles. The van der Waals surface area contributed by atoms with Crippen molar-refractivity contribution in [2.75, 3.05) is 45.8 Å². The monoisotopic (exact) mass is 527 g/mol. The number of anilines is 1. The molecule has 0 aliphatic carbocycles. The first-order valence-corrected chi connectivity index (χ1v) is 12.7. The summed E-state index contributed by atoms with van der Waals surface area (Å²) < 4.78 is 10.6. The summed E-state index contributed by atoms with van der Waals surface area (Å²) in [6, 6.07) is 15.6. The van der Waals surface area contributed by atoms with Crippen molar-refractivity contribution in [2.24, 2.45) is 0 Å². The minimum absolute atomic E-state index is 0.218. The van der Waals surface area contributed by atoms with Crippen LogP contribution in [-0.2, 0) is 5.41 Å². The first-order valence-electron chi connectivity index (χ1n) is 12.7. The molecule has 10 heteroatoms. The zero-order chi connectivity index (χ0) is 27.1. The number of carbonyl (C=O) groups is 2. The van der Waals surface area contributed by atoms with E-state index in [-0.39, 0.29) is 18.5 Å². The van der Waals surface area contributed by atoms with Crippen molar-refractivity contribution in [1.29, 1.82) is 0 Å². The fourth-order valence-corrected chi connectivity index (χ4v) is 5.84. The van der Waals surface area contributed by atoms with E-state index < -0.39 is 11.5 Å². The SMILES string of the molecule is COc1ccc(NC(=O)N2CC3(C2)CN(C(=O)c2cccnc2)[C@@H](CO)c2[nH]c4cc(OC)ccc4c23)cc1. The molecule has 0 saturated carbocycles. The third kappa shape index (κ3) is 4.13. The minimum Gasteiger partial charge on any atom is -0.497 e. The van der Waals surface area contributed by atoms with E-state index in [9.17, 15) is 14.7 Å². The van der Waals surface area contributed by atoms with Gasteiger partial charge in [-0.1, -0.05) is 0 Å². The van der Waals surface area contributed by atoms with Crippen molar-refractivity contribution in [3.05, 3.63) is 83.8 Å². The van der Waals surface area contributed by atoms with Crippen LogP contribution in [0.5, 0.6) is 11.5 Å². The number of urea groups is 1. The minimum atomic E-state index is -0.570. The zero-order valence-electron chi connectivity index (χ0n) is 21.7. The van der Waals surface area contributed by atoms with Gasteiger partial charge in [0.25, 0.3) is 5.91 Å². The van der Waals surface area contributed by atoms with Crippen LogP contribution in [0.3, 0.4) is 0 Å². The van der Waals surface area contributed by atoms with Gasteiger partial charge in [0, 0.05) is 60.4 Å². The predicted octanol–water partition coefficient (Wildman–Crippen LogP) is 3.56. The largest absolute Gasteiger partial charge is 0.497 e. The third-order valence-electron chi connectivity index (χ3n) is 7.71. The van der Waals surface area contributed by atoms with Crippen molar-refractivity contribution in [2.45, 2.75) is 11.5 Å². The Kier molecular flexibility index (Phi) is 6.11. The van der Waals surface area contributed by atoms with Crippen LogP contribution in [0.1, 0.15) is 27.7 Å². The smallest absolute Gasteiger partial charge is 0.321 e. The molecule has 1 atom stereocenters. The molecule has 0 unspecified atom stereocenters. The van der Waals surface area contributed by atoms with Gasteiger partial charge in [0.05, 0.1) is 37.8 Å². The van der Waals surface area contributed by atoms with Gasteiger partial charge < -0.3 is 34.7 Å². The van der Waals surface area contributed by atoms with Gasteiger partial charge in [-0.25, -0.2) is 4.79 Å². The lowest BCUT2D eigenvalue weighted by Crippen LogP contribution is -2.68. The molecule has 4 heterocycles. The second-order valence-corrected chi connectivity index (χ2v) is 9.99. The molecular weight excluding hydrogens is 498 g/mol. The maximum Gasteiger partial charge on any atom is 0.321 e. The summed E-state index contributed by atoms with van der Waals surface area (Å²) in [5.41, 5.74) is 3.26. The Morgan fingerprint density at radius 2 is 1.82 bits per heavy atom. The Balaban J connectivity index is 1.36. The normalized spacial score (nSPS) is 17.5. The number of fused-ring (bicyclic) bond motifs is 4. The van der Waals surface area contributed by atoms with Crippen LogP contribution in [0, 0.1) is 0 Å². The molecule has 2 aliphatic rings. The molecule has 2 aliphatic heterocycles. The first kappa shape index (κ1) is 24.7. The molecule has 10 nitrogen and oxygen atoms in total. The van der Waals surface area contributed by atoms with Gasteiger partial charge in [-0.15, -0.1) is 0 Å². The highest BCUT2D eigenvalue weighted by molar-refractivity contribution is 5.96. The van der Waals surface area contributed by atoms with Crippen LogP contribution in [0.25, 0.3) is 10.9 Å². The van der Waals surface area contributed by atoms with E-state index in [0.29, 0.717) is 42.4 Å². The Morgan fingerprint density at radius 1 is 1.08 bits per heavy atom. The number of aromatic amines is 1. The maximum atomic E-state index is 13.7. The van der Waals surface area contributed by atoms with Crippen molar-refractivity contribution in [1.82, 2.24) is 19.8 Å². The summed E-state index contributed by atoms with van der Waals surface area (Å²) in [6.07, 6.45) is 3.15. The maximum absolute atomic E-state index is 13.7. The van der Waals surface area contributed by atoms with Crippen LogP contribution in [0.4, 0.5) is 10.5 Å². The topological polar surface area (TPSA) is 120 Å². The molecule has 1 saturated heterocycles. The number of likely N-dealkylation sites (tertiary alicyclic amines) is 1. The number of hydrogen-bond acceptors (Lipinski definition) is 6. The summed E-state index contributed by atoms with van der Waals surface area (Å²) in [7, 11) is 3.21. The Bertz CT molecular complexity index is 1530. The lowest BCUT2D eigenvalue weighted by Gasteiger charge is -2.55. The summed E-state index contributed by atoms with van der Waals surface area (Å²) >= 11 is 0. The number of ether oxygens (including phenoxy) is 2. The third-order valence-corrected chi connectivity index (χ3v) is 7.71. The summed E-state index contributed by atoms with van der Waals surface area (Å²) in [5.74, 6) is 1.19. The molecule has 200 valence electrons. The van der Waals surface area contributed by atoms with E-state index in [1.54, 1.807) is 66.6 Å². The van der Waals surface area contributed by atoms with Gasteiger partial charge in [-0.05, 0) is 54.1 Å². The number of nitrogens with one attached hydrogen (secondary N) is 2. The average Bonchev–Trinajstić information content (AvgIpc) is 3.34. The highest BCUT2D eigenvalue weighted by atomic mass is 16.5. The quantitative estimate of drug-likeness (QED) is 0.365. The first-order chi connectivity index (χ1) is 19.0. The van der Waals surface area contributed by atoms with Crippen LogP contribution in [0.15, 0.2) is 67.0 Å². The van der Waals surface area contributed by atoms with Crippen LogP contribution in [0.2, 0.25) is 0 Å². The molecule has 3 N–H and O–H groups in total. The molecule has 1 fully saturated rings. The number of benzene rings is 2. The van der Waals surface area contributed by atoms with E-state index in [4.69, 9.17) is 9.47 Å². The van der Waals surface area contributed by atoms with Crippen LogP contribution in [-0.4, -0.2) is 77.3 Å². The number of aromatic nitrogens is 2. The molecule has 4 aromatic rings. The zero-order valence-corrected chi connectivity index (χ0v) is 21.7. The number of methoxy groups -OCH3 is 2. The molecule has 39 heavy (non-hydrogen) atoms. The number of nitrogens with zero attached hydrogens (tertiary/aromatic N) is 3. The van der Waals surface area contributed by atoms with Crippen molar-refractivity contribution in [3.63, 3.8) is 0 Å². The van der Waals surface area contributed by atoms with Gasteiger partial charge in [0.2, 0.25) is 0 Å². The number of amides is 3. The number of hydrogen-bond donors (Lipinski definition) is 3. The summed E-state index contributed by atoms with van der Waals surface area (Å²) in [4.78, 5) is 37.8. The van der Waals surface area contributed by atoms with E-state index in [1.807, 2.05) is 18.2 Å². The van der Waals surface area contributed by atoms with Gasteiger partial charge in [-0.2, -0.15) is 0 Å². The van der Waals surface area contributed by atoms with Crippen LogP contribution < -0.4 is 14.8 Å². The Hall–Kier alpha value is -4.57. The summed E-state index contributed by atoms with van der Waals surface area (Å²) in [5, 5.41) is 14.4. The Labute approximate surface area is 225 Å². The molecule has 0 radical (unpaired) electrons. The van der Waals surface area contributed by atoms with E-state index in [1.165, 1.54) is 6.20 Å². The van der Waals surface area contributed by atoms with Gasteiger partial charge >= 0.3 is 6.03 Å². The Morgan fingerprint density at radius 3 is 2.49 bits per heavy atom. The second-order valence-electron chi connectivity index (χ2n) is 9.99. The number of pyridine rings is 1. The molecule has 3 amide bonds. The van der Waals surface area contributed by atoms with Crippen molar-refractivity contribution >= 4 is 28.5 Å². The number of rotatable bonds is 5. The van der Waals surface area contributed by atoms with Gasteiger partial charge in [-0.3, -0.25) is 9.78 Å². The highest BCUT2D eigenvalue weighted by Crippen LogP contribution is 2.49. The molecular formula is C29H29N5O5. The number of H-pyrrole nitrogens is 1. The highest BCUT2D eigenvalue weighted by Gasteiger charge is 2.55. The second kappa shape index (κ2) is 9.63. The lowest BCUT2D eigenvalue weighted by molar-refractivity contribution is 0.0159. The van der Waals surface area contributed by atoms with Crippen LogP contribution >= 0.6 is 0 Å².